The zero-order chi connectivity index (χ0) is 12.3. The highest BCUT2D eigenvalue weighted by molar-refractivity contribution is 5.41. The number of hydrogen-bond acceptors (Lipinski definition) is 1. The minimum atomic E-state index is 0.925. The predicted molar refractivity (Wildman–Crippen MR) is 74.7 cm³/mol. The summed E-state index contributed by atoms with van der Waals surface area (Å²) < 4.78 is 0. The van der Waals surface area contributed by atoms with E-state index in [4.69, 9.17) is 0 Å². The highest BCUT2D eigenvalue weighted by atomic mass is 15.0. The van der Waals surface area contributed by atoms with Gasteiger partial charge in [0.1, 0.15) is 0 Å². The van der Waals surface area contributed by atoms with Gasteiger partial charge in [0, 0.05) is 0 Å². The molecule has 0 bridgehead atoms. The van der Waals surface area contributed by atoms with Crippen LogP contribution in [-0.2, 0) is 12.8 Å². The van der Waals surface area contributed by atoms with Crippen molar-refractivity contribution in [3.8, 4) is 0 Å². The first-order valence-corrected chi connectivity index (χ1v) is 6.90. The third-order valence-electron chi connectivity index (χ3n) is 3.69. The Labute approximate surface area is 106 Å². The lowest BCUT2D eigenvalue weighted by atomic mass is 9.74. The fraction of sp³-hybridized carbons (Fsp3) is 0.625. The largest absolute Gasteiger partial charge is 0.312 e. The van der Waals surface area contributed by atoms with Gasteiger partial charge in [-0.3, -0.25) is 0 Å². The second-order valence-corrected chi connectivity index (χ2v) is 5.81. The summed E-state index contributed by atoms with van der Waals surface area (Å²) in [5.41, 5.74) is 5.07. The van der Waals surface area contributed by atoms with Crippen LogP contribution < -0.4 is 0 Å². The van der Waals surface area contributed by atoms with Crippen molar-refractivity contribution in [3.63, 3.8) is 0 Å². The number of nitrogens with zero attached hydrogens (tertiary/aromatic N) is 1. The molecule has 1 aromatic carbocycles. The fourth-order valence-corrected chi connectivity index (χ4v) is 3.14. The molecule has 0 fully saturated rings. The molecule has 0 aromatic heterocycles. The standard InChI is InChI=1S/C13H16.C3H9N/c1-4-10-6-2-8-12-9-3-7-11(5-1)13(10)12;1-4(2)3/h1,4-5,12H,2-3,6-9H2;1-3H3. The van der Waals surface area contributed by atoms with Crippen LogP contribution in [0.5, 0.6) is 0 Å². The Hall–Kier alpha value is -0.820. The van der Waals surface area contributed by atoms with E-state index in [1.807, 2.05) is 26.0 Å². The second-order valence-electron chi connectivity index (χ2n) is 5.81. The normalized spacial score (nSPS) is 18.4. The zero-order valence-electron chi connectivity index (χ0n) is 11.5. The Balaban J connectivity index is 0.000000239. The number of benzene rings is 1. The number of rotatable bonds is 0. The van der Waals surface area contributed by atoms with Crippen molar-refractivity contribution in [3.05, 3.63) is 34.9 Å². The van der Waals surface area contributed by atoms with E-state index >= 15 is 0 Å². The fourth-order valence-electron chi connectivity index (χ4n) is 3.14. The molecule has 0 saturated heterocycles. The summed E-state index contributed by atoms with van der Waals surface area (Å²) >= 11 is 0. The molecule has 0 unspecified atom stereocenters. The van der Waals surface area contributed by atoms with Crippen LogP contribution in [-0.4, -0.2) is 26.0 Å². The van der Waals surface area contributed by atoms with Crippen LogP contribution in [0.25, 0.3) is 0 Å². The molecule has 1 aromatic rings. The molecule has 0 spiro atoms. The van der Waals surface area contributed by atoms with Crippen molar-refractivity contribution in [2.45, 2.75) is 44.4 Å². The predicted octanol–water partition coefficient (Wildman–Crippen LogP) is 3.62. The summed E-state index contributed by atoms with van der Waals surface area (Å²) in [7, 11) is 6.00. The minimum Gasteiger partial charge on any atom is -0.312 e. The first kappa shape index (κ1) is 12.6. The monoisotopic (exact) mass is 231 g/mol. The van der Waals surface area contributed by atoms with Crippen LogP contribution in [0.1, 0.15) is 48.3 Å². The maximum atomic E-state index is 2.34. The van der Waals surface area contributed by atoms with E-state index in [0.29, 0.717) is 0 Å². The van der Waals surface area contributed by atoms with Crippen molar-refractivity contribution >= 4 is 0 Å². The van der Waals surface area contributed by atoms with Gasteiger partial charge in [-0.15, -0.1) is 0 Å². The molecule has 2 aliphatic rings. The van der Waals surface area contributed by atoms with Crippen molar-refractivity contribution in [2.24, 2.45) is 0 Å². The summed E-state index contributed by atoms with van der Waals surface area (Å²) in [6, 6.07) is 6.94. The molecule has 3 rings (SSSR count). The molecule has 0 radical (unpaired) electrons. The molecule has 0 atom stereocenters. The number of aryl methyl sites for hydroxylation is 2. The van der Waals surface area contributed by atoms with Gasteiger partial charge < -0.3 is 4.90 Å². The van der Waals surface area contributed by atoms with E-state index in [1.165, 1.54) is 38.5 Å². The van der Waals surface area contributed by atoms with Crippen LogP contribution in [0, 0.1) is 0 Å². The molecule has 2 aliphatic carbocycles. The average Bonchev–Trinajstić information content (AvgIpc) is 2.30. The highest BCUT2D eigenvalue weighted by Gasteiger charge is 2.25. The molecule has 1 heteroatoms. The summed E-state index contributed by atoms with van der Waals surface area (Å²) in [6.45, 7) is 0. The molecule has 0 heterocycles. The van der Waals surface area contributed by atoms with Crippen LogP contribution >= 0.6 is 0 Å². The zero-order valence-corrected chi connectivity index (χ0v) is 11.5. The summed E-state index contributed by atoms with van der Waals surface area (Å²) in [5, 5.41) is 0. The smallest absolute Gasteiger partial charge is 0.0140 e. The van der Waals surface area contributed by atoms with Crippen LogP contribution in [0.4, 0.5) is 0 Å². The van der Waals surface area contributed by atoms with E-state index < -0.39 is 0 Å². The van der Waals surface area contributed by atoms with Crippen LogP contribution in [0.2, 0.25) is 0 Å². The van der Waals surface area contributed by atoms with Crippen molar-refractivity contribution < 1.29 is 0 Å². The lowest BCUT2D eigenvalue weighted by Crippen LogP contribution is -2.16. The molecule has 1 nitrogen and oxygen atoms in total. The van der Waals surface area contributed by atoms with E-state index in [0.717, 1.165) is 5.92 Å². The Morgan fingerprint density at radius 3 is 1.88 bits per heavy atom. The van der Waals surface area contributed by atoms with Crippen molar-refractivity contribution in [2.75, 3.05) is 21.1 Å². The molecule has 17 heavy (non-hydrogen) atoms. The topological polar surface area (TPSA) is 3.24 Å². The third kappa shape index (κ3) is 3.10. The second kappa shape index (κ2) is 5.68. The SMILES string of the molecule is CN(C)C.c1cc2c3c(c1)CCCC3CCC2. The molecule has 94 valence electrons. The maximum absolute atomic E-state index is 2.34. The number of hydrogen-bond donors (Lipinski definition) is 0. The van der Waals surface area contributed by atoms with Gasteiger partial charge in [0.15, 0.2) is 0 Å². The van der Waals surface area contributed by atoms with Crippen LogP contribution in [0.15, 0.2) is 18.2 Å². The van der Waals surface area contributed by atoms with Crippen LogP contribution in [0.3, 0.4) is 0 Å². The van der Waals surface area contributed by atoms with Gasteiger partial charge in [-0.1, -0.05) is 18.2 Å². The molecule has 0 aliphatic heterocycles. The first-order valence-electron chi connectivity index (χ1n) is 6.90. The average molecular weight is 231 g/mol. The van der Waals surface area contributed by atoms with Crippen molar-refractivity contribution in [1.82, 2.24) is 4.90 Å². The van der Waals surface area contributed by atoms with Gasteiger partial charge in [-0.25, -0.2) is 0 Å². The van der Waals surface area contributed by atoms with Gasteiger partial charge in [-0.2, -0.15) is 0 Å². The highest BCUT2D eigenvalue weighted by Crippen LogP contribution is 2.40. The molecule has 0 saturated carbocycles. The molecule has 0 N–H and O–H groups in total. The Bertz CT molecular complexity index is 337. The van der Waals surface area contributed by atoms with E-state index in [9.17, 15) is 0 Å². The third-order valence-corrected chi connectivity index (χ3v) is 3.69. The van der Waals surface area contributed by atoms with E-state index in [2.05, 4.69) is 18.2 Å². The minimum absolute atomic E-state index is 0.925. The van der Waals surface area contributed by atoms with Gasteiger partial charge in [-0.05, 0) is 82.3 Å². The quantitative estimate of drug-likeness (QED) is 0.659. The lowest BCUT2D eigenvalue weighted by molar-refractivity contribution is 0.476. The summed E-state index contributed by atoms with van der Waals surface area (Å²) in [6.07, 6.45) is 8.40. The summed E-state index contributed by atoms with van der Waals surface area (Å²) in [5.74, 6) is 0.925. The van der Waals surface area contributed by atoms with E-state index in [-0.39, 0.29) is 0 Å². The lowest BCUT2D eigenvalue weighted by Gasteiger charge is -2.31. The first-order chi connectivity index (χ1) is 8.18. The van der Waals surface area contributed by atoms with Gasteiger partial charge in [0.05, 0.1) is 0 Å². The molecule has 0 amide bonds. The summed E-state index contributed by atoms with van der Waals surface area (Å²) in [4.78, 5) is 2.00. The van der Waals surface area contributed by atoms with Gasteiger partial charge >= 0.3 is 0 Å². The van der Waals surface area contributed by atoms with Crippen molar-refractivity contribution in [1.29, 1.82) is 0 Å². The Kier molecular flexibility index (Phi) is 4.22. The maximum Gasteiger partial charge on any atom is -0.0140 e. The Morgan fingerprint density at radius 1 is 0.941 bits per heavy atom. The molecular formula is C16H25N. The van der Waals surface area contributed by atoms with Gasteiger partial charge in [0.25, 0.3) is 0 Å². The van der Waals surface area contributed by atoms with E-state index in [1.54, 1.807) is 16.7 Å². The Morgan fingerprint density at radius 2 is 1.41 bits per heavy atom. The van der Waals surface area contributed by atoms with Gasteiger partial charge in [0.2, 0.25) is 0 Å². The molecular weight excluding hydrogens is 206 g/mol.